The second-order valence-electron chi connectivity index (χ2n) is 4.08. The van der Waals surface area contributed by atoms with Crippen LogP contribution in [0, 0.1) is 5.92 Å². The summed E-state index contributed by atoms with van der Waals surface area (Å²) in [6.45, 7) is 4.45. The van der Waals surface area contributed by atoms with Gasteiger partial charge in [-0.05, 0) is 24.5 Å². The number of aromatic nitrogens is 1. The lowest BCUT2D eigenvalue weighted by Gasteiger charge is -2.10. The SMILES string of the molecule is CC(C)CCNS(=O)(=O)c1ncccc1NN. The molecule has 6 nitrogen and oxygen atoms in total. The van der Waals surface area contributed by atoms with E-state index in [2.05, 4.69) is 15.1 Å². The largest absolute Gasteiger partial charge is 0.321 e. The fourth-order valence-electron chi connectivity index (χ4n) is 1.27. The maximum atomic E-state index is 11.9. The van der Waals surface area contributed by atoms with E-state index in [0.29, 0.717) is 12.5 Å². The first-order valence-corrected chi connectivity index (χ1v) is 6.87. The zero-order chi connectivity index (χ0) is 12.9. The molecule has 0 amide bonds. The Kier molecular flexibility index (Phi) is 4.86. The van der Waals surface area contributed by atoms with Crippen molar-refractivity contribution >= 4 is 15.7 Å². The van der Waals surface area contributed by atoms with Crippen molar-refractivity contribution in [3.05, 3.63) is 18.3 Å². The summed E-state index contributed by atoms with van der Waals surface area (Å²) < 4.78 is 26.3. The summed E-state index contributed by atoms with van der Waals surface area (Å²) in [5.74, 6) is 5.68. The number of hydrogen-bond acceptors (Lipinski definition) is 5. The van der Waals surface area contributed by atoms with Crippen molar-refractivity contribution in [2.24, 2.45) is 11.8 Å². The Balaban J connectivity index is 2.82. The van der Waals surface area contributed by atoms with Gasteiger partial charge in [-0.3, -0.25) is 5.84 Å². The molecular formula is C10H18N4O2S. The van der Waals surface area contributed by atoms with Crippen LogP contribution in [-0.4, -0.2) is 19.9 Å². The van der Waals surface area contributed by atoms with E-state index in [9.17, 15) is 8.42 Å². The number of anilines is 1. The van der Waals surface area contributed by atoms with Crippen molar-refractivity contribution in [3.8, 4) is 0 Å². The summed E-state index contributed by atoms with van der Waals surface area (Å²) in [7, 11) is -3.60. The molecule has 0 saturated carbocycles. The van der Waals surface area contributed by atoms with Crippen LogP contribution >= 0.6 is 0 Å². The number of hydrogen-bond donors (Lipinski definition) is 3. The molecule has 0 aliphatic rings. The summed E-state index contributed by atoms with van der Waals surface area (Å²) >= 11 is 0. The number of nitrogens with two attached hydrogens (primary N) is 1. The topological polar surface area (TPSA) is 97.1 Å². The fourth-order valence-corrected chi connectivity index (χ4v) is 2.40. The average Bonchev–Trinajstić information content (AvgIpc) is 2.28. The highest BCUT2D eigenvalue weighted by molar-refractivity contribution is 7.89. The van der Waals surface area contributed by atoms with Crippen LogP contribution in [0.3, 0.4) is 0 Å². The molecule has 0 spiro atoms. The van der Waals surface area contributed by atoms with E-state index in [-0.39, 0.29) is 10.7 Å². The van der Waals surface area contributed by atoms with Crippen molar-refractivity contribution < 1.29 is 8.42 Å². The zero-order valence-electron chi connectivity index (χ0n) is 9.97. The van der Waals surface area contributed by atoms with Gasteiger partial charge < -0.3 is 5.43 Å². The number of nitrogens with zero attached hydrogens (tertiary/aromatic N) is 1. The summed E-state index contributed by atoms with van der Waals surface area (Å²) in [4.78, 5) is 3.83. The van der Waals surface area contributed by atoms with Gasteiger partial charge in [0.05, 0.1) is 5.69 Å². The Hall–Kier alpha value is -1.18. The zero-order valence-corrected chi connectivity index (χ0v) is 10.8. The molecular weight excluding hydrogens is 240 g/mol. The molecule has 0 unspecified atom stereocenters. The molecule has 17 heavy (non-hydrogen) atoms. The number of hydrazine groups is 1. The minimum Gasteiger partial charge on any atom is -0.321 e. The first-order chi connectivity index (χ1) is 7.97. The number of sulfonamides is 1. The number of rotatable bonds is 6. The van der Waals surface area contributed by atoms with E-state index >= 15 is 0 Å². The van der Waals surface area contributed by atoms with Gasteiger partial charge in [-0.25, -0.2) is 18.1 Å². The fraction of sp³-hybridized carbons (Fsp3) is 0.500. The van der Waals surface area contributed by atoms with Gasteiger partial charge in [0, 0.05) is 12.7 Å². The number of nitrogens with one attached hydrogen (secondary N) is 2. The predicted molar refractivity (Wildman–Crippen MR) is 66.7 cm³/mol. The van der Waals surface area contributed by atoms with E-state index in [1.165, 1.54) is 6.20 Å². The van der Waals surface area contributed by atoms with Crippen LogP contribution in [0.4, 0.5) is 5.69 Å². The first kappa shape index (κ1) is 13.9. The molecule has 0 atom stereocenters. The van der Waals surface area contributed by atoms with E-state index in [4.69, 9.17) is 5.84 Å². The van der Waals surface area contributed by atoms with Gasteiger partial charge in [0.15, 0.2) is 5.03 Å². The third kappa shape index (κ3) is 3.95. The molecule has 1 aromatic heterocycles. The molecule has 0 aromatic carbocycles. The maximum Gasteiger partial charge on any atom is 0.260 e. The Morgan fingerprint density at radius 1 is 1.47 bits per heavy atom. The smallest absolute Gasteiger partial charge is 0.260 e. The predicted octanol–water partition coefficient (Wildman–Crippen LogP) is 0.692. The van der Waals surface area contributed by atoms with E-state index in [1.807, 2.05) is 13.8 Å². The molecule has 0 aliphatic carbocycles. The highest BCUT2D eigenvalue weighted by Gasteiger charge is 2.19. The van der Waals surface area contributed by atoms with Gasteiger partial charge in [0.2, 0.25) is 0 Å². The summed E-state index contributed by atoms with van der Waals surface area (Å²) in [5, 5.41) is -0.0775. The quantitative estimate of drug-likeness (QED) is 0.515. The Morgan fingerprint density at radius 3 is 2.76 bits per heavy atom. The molecule has 0 radical (unpaired) electrons. The summed E-state index contributed by atoms with van der Waals surface area (Å²) in [5.41, 5.74) is 2.60. The first-order valence-electron chi connectivity index (χ1n) is 5.38. The second kappa shape index (κ2) is 5.95. The van der Waals surface area contributed by atoms with Crippen LogP contribution in [0.2, 0.25) is 0 Å². The minimum atomic E-state index is -3.60. The van der Waals surface area contributed by atoms with Crippen molar-refractivity contribution in [2.45, 2.75) is 25.3 Å². The molecule has 0 saturated heterocycles. The lowest BCUT2D eigenvalue weighted by molar-refractivity contribution is 0.549. The van der Waals surface area contributed by atoms with Gasteiger partial charge in [0.1, 0.15) is 0 Å². The summed E-state index contributed by atoms with van der Waals surface area (Å²) in [6.07, 6.45) is 2.19. The van der Waals surface area contributed by atoms with Crippen LogP contribution in [0.15, 0.2) is 23.4 Å². The molecule has 0 bridgehead atoms. The highest BCUT2D eigenvalue weighted by atomic mass is 32.2. The molecule has 7 heteroatoms. The van der Waals surface area contributed by atoms with Crippen molar-refractivity contribution in [1.29, 1.82) is 0 Å². The molecule has 0 aliphatic heterocycles. The van der Waals surface area contributed by atoms with E-state index < -0.39 is 10.0 Å². The van der Waals surface area contributed by atoms with E-state index in [1.54, 1.807) is 12.1 Å². The monoisotopic (exact) mass is 258 g/mol. The van der Waals surface area contributed by atoms with E-state index in [0.717, 1.165) is 6.42 Å². The molecule has 1 rings (SSSR count). The van der Waals surface area contributed by atoms with Crippen molar-refractivity contribution in [1.82, 2.24) is 9.71 Å². The standard InChI is InChI=1S/C10H18N4O2S/c1-8(2)5-7-13-17(15,16)10-9(14-11)4-3-6-12-10/h3-4,6,8,13-14H,5,7,11H2,1-2H3. The van der Waals surface area contributed by atoms with Gasteiger partial charge in [-0.15, -0.1) is 0 Å². The van der Waals surface area contributed by atoms with Crippen LogP contribution < -0.4 is 16.0 Å². The number of pyridine rings is 1. The van der Waals surface area contributed by atoms with Crippen LogP contribution in [-0.2, 0) is 10.0 Å². The van der Waals surface area contributed by atoms with Gasteiger partial charge >= 0.3 is 0 Å². The third-order valence-corrected chi connectivity index (χ3v) is 3.61. The number of nitrogen functional groups attached to an aromatic ring is 1. The molecule has 0 fully saturated rings. The van der Waals surface area contributed by atoms with Gasteiger partial charge in [-0.1, -0.05) is 13.8 Å². The van der Waals surface area contributed by atoms with Gasteiger partial charge in [-0.2, -0.15) is 0 Å². The highest BCUT2D eigenvalue weighted by Crippen LogP contribution is 2.16. The Morgan fingerprint density at radius 2 is 2.18 bits per heavy atom. The lowest BCUT2D eigenvalue weighted by atomic mass is 10.1. The Bertz CT molecular complexity index is 459. The van der Waals surface area contributed by atoms with Crippen LogP contribution in [0.25, 0.3) is 0 Å². The van der Waals surface area contributed by atoms with Crippen molar-refractivity contribution in [3.63, 3.8) is 0 Å². The molecule has 1 aromatic rings. The average molecular weight is 258 g/mol. The minimum absolute atomic E-state index is 0.0775. The molecule has 96 valence electrons. The second-order valence-corrected chi connectivity index (χ2v) is 5.76. The van der Waals surface area contributed by atoms with Crippen LogP contribution in [0.5, 0.6) is 0 Å². The molecule has 4 N–H and O–H groups in total. The van der Waals surface area contributed by atoms with Crippen LogP contribution in [0.1, 0.15) is 20.3 Å². The summed E-state index contributed by atoms with van der Waals surface area (Å²) in [6, 6.07) is 3.17. The van der Waals surface area contributed by atoms with Crippen molar-refractivity contribution in [2.75, 3.05) is 12.0 Å². The lowest BCUT2D eigenvalue weighted by Crippen LogP contribution is -2.27. The Labute approximate surface area is 102 Å². The third-order valence-electron chi connectivity index (χ3n) is 2.19. The molecule has 1 heterocycles. The normalized spacial score (nSPS) is 11.8. The maximum absolute atomic E-state index is 11.9. The van der Waals surface area contributed by atoms with Gasteiger partial charge in [0.25, 0.3) is 10.0 Å².